The maximum Gasteiger partial charge on any atom is 0.310 e. The number of anilines is 1. The molecule has 1 heterocycles. The van der Waals surface area contributed by atoms with Crippen LogP contribution >= 0.6 is 0 Å². The number of nitrogens with one attached hydrogen (secondary N) is 1. The van der Waals surface area contributed by atoms with E-state index in [9.17, 15) is 14.4 Å². The van der Waals surface area contributed by atoms with Gasteiger partial charge in [0.2, 0.25) is 0 Å². The molecule has 3 fully saturated rings. The second-order valence-electron chi connectivity index (χ2n) is 7.74. The molecular weight excluding hydrogens is 346 g/mol. The molecular formula is C21H25NO5. The minimum absolute atomic E-state index is 0.0159. The van der Waals surface area contributed by atoms with Crippen LogP contribution in [-0.2, 0) is 36.7 Å². The Morgan fingerprint density at radius 3 is 2.56 bits per heavy atom. The summed E-state index contributed by atoms with van der Waals surface area (Å²) in [5.74, 6) is -1.62. The van der Waals surface area contributed by atoms with E-state index in [4.69, 9.17) is 9.47 Å². The molecule has 1 aromatic rings. The number of esters is 2. The van der Waals surface area contributed by atoms with Crippen molar-refractivity contribution >= 4 is 23.5 Å². The third-order valence-corrected chi connectivity index (χ3v) is 6.36. The van der Waals surface area contributed by atoms with Crippen LogP contribution in [0.5, 0.6) is 0 Å². The Morgan fingerprint density at radius 2 is 1.89 bits per heavy atom. The Hall–Kier alpha value is -2.37. The minimum atomic E-state index is -0.455. The smallest absolute Gasteiger partial charge is 0.310 e. The van der Waals surface area contributed by atoms with Gasteiger partial charge in [-0.3, -0.25) is 14.4 Å². The highest BCUT2D eigenvalue weighted by atomic mass is 16.6. The Morgan fingerprint density at radius 1 is 1.19 bits per heavy atom. The molecule has 1 aromatic carbocycles. The summed E-state index contributed by atoms with van der Waals surface area (Å²) in [5.41, 5.74) is 2.93. The van der Waals surface area contributed by atoms with Crippen molar-refractivity contribution < 1.29 is 23.9 Å². The van der Waals surface area contributed by atoms with Crippen LogP contribution in [0.2, 0.25) is 0 Å². The molecule has 0 radical (unpaired) electrons. The lowest BCUT2D eigenvalue weighted by molar-refractivity contribution is -0.157. The van der Waals surface area contributed by atoms with Gasteiger partial charge in [0.25, 0.3) is 5.91 Å². The predicted molar refractivity (Wildman–Crippen MR) is 97.9 cm³/mol. The van der Waals surface area contributed by atoms with Gasteiger partial charge in [-0.2, -0.15) is 0 Å². The first-order chi connectivity index (χ1) is 13.0. The lowest BCUT2D eigenvalue weighted by atomic mass is 9.80. The van der Waals surface area contributed by atoms with Crippen molar-refractivity contribution in [2.24, 2.45) is 23.7 Å². The van der Waals surface area contributed by atoms with E-state index < -0.39 is 11.9 Å². The van der Waals surface area contributed by atoms with E-state index in [1.807, 2.05) is 32.0 Å². The molecule has 27 heavy (non-hydrogen) atoms. The minimum Gasteiger partial charge on any atom is -0.462 e. The molecule has 0 unspecified atom stereocenters. The molecule has 0 aromatic heterocycles. The van der Waals surface area contributed by atoms with Crippen molar-refractivity contribution in [3.8, 4) is 0 Å². The van der Waals surface area contributed by atoms with Gasteiger partial charge in [-0.25, -0.2) is 0 Å². The van der Waals surface area contributed by atoms with Gasteiger partial charge < -0.3 is 14.8 Å². The summed E-state index contributed by atoms with van der Waals surface area (Å²) in [6.07, 6.45) is 3.18. The third-order valence-electron chi connectivity index (χ3n) is 6.36. The molecule has 2 aliphatic carbocycles. The topological polar surface area (TPSA) is 81.7 Å². The second kappa shape index (κ2) is 6.98. The van der Waals surface area contributed by atoms with Crippen molar-refractivity contribution in [3.05, 3.63) is 29.3 Å². The number of carbonyl (C=O) groups excluding carboxylic acids is 3. The van der Waals surface area contributed by atoms with Crippen molar-refractivity contribution in [1.82, 2.24) is 0 Å². The first kappa shape index (κ1) is 18.0. The van der Waals surface area contributed by atoms with Crippen molar-refractivity contribution in [2.75, 3.05) is 11.9 Å². The summed E-state index contributed by atoms with van der Waals surface area (Å²) in [7, 11) is 0. The van der Waals surface area contributed by atoms with E-state index in [0.717, 1.165) is 42.5 Å². The zero-order valence-electron chi connectivity index (χ0n) is 15.7. The maximum absolute atomic E-state index is 12.6. The third kappa shape index (κ3) is 3.01. The van der Waals surface area contributed by atoms with Gasteiger partial charge in [-0.1, -0.05) is 32.0 Å². The average molecular weight is 371 g/mol. The molecule has 1 N–H and O–H groups in total. The second-order valence-corrected chi connectivity index (χ2v) is 7.74. The van der Waals surface area contributed by atoms with Crippen LogP contribution in [0, 0.1) is 23.7 Å². The molecule has 2 bridgehead atoms. The van der Waals surface area contributed by atoms with E-state index in [2.05, 4.69) is 5.32 Å². The molecule has 6 nitrogen and oxygen atoms in total. The molecule has 6 heteroatoms. The van der Waals surface area contributed by atoms with Gasteiger partial charge in [-0.15, -0.1) is 0 Å². The summed E-state index contributed by atoms with van der Waals surface area (Å²) in [6, 6.07) is 5.95. The SMILES string of the molecule is CCc1cccc(CC)c1NC(=O)COC(=O)[C@@H]1[C@@H]2C[C@@H]3[C@@H]1C(=O)O[C@H]3C2. The molecule has 0 spiro atoms. The van der Waals surface area contributed by atoms with Crippen molar-refractivity contribution in [1.29, 1.82) is 0 Å². The summed E-state index contributed by atoms with van der Waals surface area (Å²) in [5, 5.41) is 2.90. The number of para-hydroxylation sites is 1. The number of aryl methyl sites for hydroxylation is 2. The van der Waals surface area contributed by atoms with Crippen LogP contribution in [-0.4, -0.2) is 30.6 Å². The molecule has 3 aliphatic rings. The van der Waals surface area contributed by atoms with Gasteiger partial charge in [0.15, 0.2) is 6.61 Å². The number of benzene rings is 1. The van der Waals surface area contributed by atoms with Crippen LogP contribution in [0.15, 0.2) is 18.2 Å². The highest BCUT2D eigenvalue weighted by molar-refractivity contribution is 5.95. The standard InChI is InChI=1S/C21H25NO5/c1-3-11-6-5-7-12(4-2)19(11)22-16(23)10-26-20(24)17-13-8-14-15(9-13)27-21(25)18(14)17/h5-7,13-15,17-18H,3-4,8-10H2,1-2H3,(H,22,23)/t13-,14+,15+,17-,18+/m1/s1. The van der Waals surface area contributed by atoms with Gasteiger partial charge >= 0.3 is 11.9 Å². The van der Waals surface area contributed by atoms with Crippen LogP contribution < -0.4 is 5.32 Å². The lowest BCUT2D eigenvalue weighted by Crippen LogP contribution is -2.35. The number of rotatable bonds is 6. The van der Waals surface area contributed by atoms with E-state index in [1.165, 1.54) is 0 Å². The molecule has 144 valence electrons. The summed E-state index contributed by atoms with van der Waals surface area (Å²) >= 11 is 0. The quantitative estimate of drug-likeness (QED) is 0.777. The summed E-state index contributed by atoms with van der Waals surface area (Å²) in [4.78, 5) is 37.0. The molecule has 5 atom stereocenters. The Labute approximate surface area is 158 Å². The molecule has 2 saturated carbocycles. The monoisotopic (exact) mass is 371 g/mol. The lowest BCUT2D eigenvalue weighted by Gasteiger charge is -2.22. The number of hydrogen-bond donors (Lipinski definition) is 1. The fraction of sp³-hybridized carbons (Fsp3) is 0.571. The average Bonchev–Trinajstić information content (AvgIpc) is 3.28. The normalized spacial score (nSPS) is 30.3. The summed E-state index contributed by atoms with van der Waals surface area (Å²) in [6.45, 7) is 3.74. The zero-order valence-corrected chi connectivity index (χ0v) is 15.7. The van der Waals surface area contributed by atoms with Gasteiger partial charge in [0.05, 0.1) is 11.8 Å². The van der Waals surface area contributed by atoms with Crippen LogP contribution in [0.3, 0.4) is 0 Å². The van der Waals surface area contributed by atoms with Gasteiger partial charge in [-0.05, 0) is 42.7 Å². The van der Waals surface area contributed by atoms with Gasteiger partial charge in [0, 0.05) is 11.6 Å². The van der Waals surface area contributed by atoms with Crippen LogP contribution in [0.4, 0.5) is 5.69 Å². The maximum atomic E-state index is 12.6. The van der Waals surface area contributed by atoms with Crippen molar-refractivity contribution in [2.45, 2.75) is 45.6 Å². The number of hydrogen-bond acceptors (Lipinski definition) is 5. The zero-order chi connectivity index (χ0) is 19.1. The highest BCUT2D eigenvalue weighted by Crippen LogP contribution is 2.57. The van der Waals surface area contributed by atoms with E-state index >= 15 is 0 Å². The fourth-order valence-electron chi connectivity index (χ4n) is 5.14. The number of amides is 1. The first-order valence-corrected chi connectivity index (χ1v) is 9.81. The van der Waals surface area contributed by atoms with Crippen molar-refractivity contribution in [3.63, 3.8) is 0 Å². The largest absolute Gasteiger partial charge is 0.462 e. The Bertz CT molecular complexity index is 765. The van der Waals surface area contributed by atoms with Gasteiger partial charge in [0.1, 0.15) is 6.10 Å². The van der Waals surface area contributed by atoms with Crippen LogP contribution in [0.25, 0.3) is 0 Å². The fourth-order valence-corrected chi connectivity index (χ4v) is 5.14. The van der Waals surface area contributed by atoms with E-state index in [1.54, 1.807) is 0 Å². The first-order valence-electron chi connectivity index (χ1n) is 9.81. The van der Waals surface area contributed by atoms with E-state index in [-0.39, 0.29) is 42.3 Å². The van der Waals surface area contributed by atoms with E-state index in [0.29, 0.717) is 0 Å². The molecule has 1 saturated heterocycles. The molecule has 1 aliphatic heterocycles. The Balaban J connectivity index is 1.38. The molecule has 1 amide bonds. The predicted octanol–water partition coefficient (Wildman–Crippen LogP) is 2.49. The Kier molecular flexibility index (Phi) is 4.66. The number of carbonyl (C=O) groups is 3. The summed E-state index contributed by atoms with van der Waals surface area (Å²) < 4.78 is 10.6. The number of ether oxygens (including phenoxy) is 2. The number of fused-ring (bicyclic) bond motifs is 1. The molecule has 4 rings (SSSR count). The highest BCUT2D eigenvalue weighted by Gasteiger charge is 2.64. The van der Waals surface area contributed by atoms with Crippen LogP contribution in [0.1, 0.15) is 37.8 Å².